The molecule has 0 aliphatic carbocycles. The third-order valence-corrected chi connectivity index (χ3v) is 6.12. The minimum atomic E-state index is -0.264. The zero-order valence-electron chi connectivity index (χ0n) is 18.1. The summed E-state index contributed by atoms with van der Waals surface area (Å²) in [6.07, 6.45) is 1.70. The van der Waals surface area contributed by atoms with E-state index >= 15 is 0 Å². The second-order valence-corrected chi connectivity index (χ2v) is 8.00. The standard InChI is InChI=1S/C24H29FN2O4/c1-29-19-9-10-22(30-2)20(14-19)21-4-3-11-27(21)24(28)16-26-12-13-31-23(15-26)17-5-7-18(25)8-6-17/h5-10,14,21,23H,3-4,11-13,15-16H2,1-2H3. The smallest absolute Gasteiger partial charge is 0.237 e. The maximum Gasteiger partial charge on any atom is 0.237 e. The van der Waals surface area contributed by atoms with Gasteiger partial charge in [-0.1, -0.05) is 12.1 Å². The first-order chi connectivity index (χ1) is 15.1. The van der Waals surface area contributed by atoms with Crippen molar-refractivity contribution in [2.75, 3.05) is 47.0 Å². The molecule has 6 nitrogen and oxygen atoms in total. The van der Waals surface area contributed by atoms with Gasteiger partial charge in [-0.3, -0.25) is 9.69 Å². The molecule has 7 heteroatoms. The highest BCUT2D eigenvalue weighted by Crippen LogP contribution is 2.39. The van der Waals surface area contributed by atoms with Crippen LogP contribution in [0.15, 0.2) is 42.5 Å². The van der Waals surface area contributed by atoms with Crippen molar-refractivity contribution >= 4 is 5.91 Å². The predicted molar refractivity (Wildman–Crippen MR) is 115 cm³/mol. The average molecular weight is 429 g/mol. The average Bonchev–Trinajstić information content (AvgIpc) is 3.29. The highest BCUT2D eigenvalue weighted by Gasteiger charge is 2.33. The molecule has 2 aromatic rings. The molecule has 0 saturated carbocycles. The van der Waals surface area contributed by atoms with E-state index in [0.717, 1.165) is 42.0 Å². The second kappa shape index (κ2) is 9.66. The van der Waals surface area contributed by atoms with E-state index in [1.807, 2.05) is 23.1 Å². The van der Waals surface area contributed by atoms with Crippen LogP contribution in [0.1, 0.15) is 36.1 Å². The van der Waals surface area contributed by atoms with Gasteiger partial charge in [-0.15, -0.1) is 0 Å². The fourth-order valence-electron chi connectivity index (χ4n) is 4.50. The molecule has 2 aliphatic rings. The van der Waals surface area contributed by atoms with Gasteiger partial charge in [0, 0.05) is 25.2 Å². The van der Waals surface area contributed by atoms with Crippen molar-refractivity contribution in [1.29, 1.82) is 0 Å². The molecule has 2 atom stereocenters. The van der Waals surface area contributed by atoms with Gasteiger partial charge in [-0.05, 0) is 48.7 Å². The van der Waals surface area contributed by atoms with E-state index in [-0.39, 0.29) is 23.9 Å². The molecule has 2 aliphatic heterocycles. The zero-order chi connectivity index (χ0) is 21.8. The van der Waals surface area contributed by atoms with E-state index in [4.69, 9.17) is 14.2 Å². The monoisotopic (exact) mass is 428 g/mol. The van der Waals surface area contributed by atoms with Gasteiger partial charge in [0.25, 0.3) is 0 Å². The third-order valence-electron chi connectivity index (χ3n) is 6.12. The van der Waals surface area contributed by atoms with Gasteiger partial charge in [-0.25, -0.2) is 4.39 Å². The highest BCUT2D eigenvalue weighted by molar-refractivity contribution is 5.79. The number of hydrogen-bond donors (Lipinski definition) is 0. The quantitative estimate of drug-likeness (QED) is 0.704. The Bertz CT molecular complexity index is 905. The van der Waals surface area contributed by atoms with Crippen molar-refractivity contribution in [2.45, 2.75) is 25.0 Å². The number of hydrogen-bond acceptors (Lipinski definition) is 5. The molecule has 0 bridgehead atoms. The van der Waals surface area contributed by atoms with Crippen molar-refractivity contribution < 1.29 is 23.4 Å². The highest BCUT2D eigenvalue weighted by atomic mass is 19.1. The van der Waals surface area contributed by atoms with Gasteiger partial charge in [0.05, 0.1) is 39.5 Å². The second-order valence-electron chi connectivity index (χ2n) is 8.00. The molecule has 0 aromatic heterocycles. The Morgan fingerprint density at radius 2 is 1.94 bits per heavy atom. The molecular weight excluding hydrogens is 399 g/mol. The number of nitrogens with zero attached hydrogens (tertiary/aromatic N) is 2. The summed E-state index contributed by atoms with van der Waals surface area (Å²) in [7, 11) is 3.29. The predicted octanol–water partition coefficient (Wildman–Crippen LogP) is 3.58. The molecule has 1 amide bonds. The number of ether oxygens (including phenoxy) is 3. The Balaban J connectivity index is 1.45. The summed E-state index contributed by atoms with van der Waals surface area (Å²) in [5.74, 6) is 1.37. The summed E-state index contributed by atoms with van der Waals surface area (Å²) >= 11 is 0. The van der Waals surface area contributed by atoms with E-state index in [0.29, 0.717) is 26.2 Å². The number of methoxy groups -OCH3 is 2. The molecule has 4 rings (SSSR count). The number of halogens is 1. The van der Waals surface area contributed by atoms with Crippen LogP contribution in [-0.2, 0) is 9.53 Å². The van der Waals surface area contributed by atoms with Crippen LogP contribution in [0.3, 0.4) is 0 Å². The van der Waals surface area contributed by atoms with Gasteiger partial charge in [0.15, 0.2) is 0 Å². The van der Waals surface area contributed by atoms with Crippen LogP contribution >= 0.6 is 0 Å². The summed E-state index contributed by atoms with van der Waals surface area (Å²) in [6.45, 7) is 2.92. The number of likely N-dealkylation sites (tertiary alicyclic amines) is 1. The SMILES string of the molecule is COc1ccc(OC)c(C2CCCN2C(=O)CN2CCOC(c3ccc(F)cc3)C2)c1. The Morgan fingerprint density at radius 3 is 2.68 bits per heavy atom. The first kappa shape index (κ1) is 21.6. The number of carbonyl (C=O) groups excluding carboxylic acids is 1. The fourth-order valence-corrected chi connectivity index (χ4v) is 4.50. The molecule has 2 aromatic carbocycles. The maximum absolute atomic E-state index is 13.3. The lowest BCUT2D eigenvalue weighted by Crippen LogP contribution is -2.45. The number of rotatable bonds is 6. The van der Waals surface area contributed by atoms with E-state index in [1.165, 1.54) is 12.1 Å². The topological polar surface area (TPSA) is 51.2 Å². The normalized spacial score (nSPS) is 21.8. The molecular formula is C24H29FN2O4. The van der Waals surface area contributed by atoms with Gasteiger partial charge >= 0.3 is 0 Å². The minimum Gasteiger partial charge on any atom is -0.497 e. The van der Waals surface area contributed by atoms with Crippen LogP contribution < -0.4 is 9.47 Å². The lowest BCUT2D eigenvalue weighted by Gasteiger charge is -2.34. The Labute approximate surface area is 182 Å². The first-order valence-corrected chi connectivity index (χ1v) is 10.7. The summed E-state index contributed by atoms with van der Waals surface area (Å²) in [6, 6.07) is 12.1. The van der Waals surface area contributed by atoms with Crippen molar-refractivity contribution in [3.63, 3.8) is 0 Å². The fraction of sp³-hybridized carbons (Fsp3) is 0.458. The van der Waals surface area contributed by atoms with E-state index in [9.17, 15) is 9.18 Å². The Hall–Kier alpha value is -2.64. The molecule has 2 heterocycles. The summed E-state index contributed by atoms with van der Waals surface area (Å²) in [5, 5.41) is 0. The molecule has 0 radical (unpaired) electrons. The molecule has 0 N–H and O–H groups in total. The maximum atomic E-state index is 13.3. The molecule has 0 spiro atoms. The number of morpholine rings is 1. The number of carbonyl (C=O) groups is 1. The number of amides is 1. The van der Waals surface area contributed by atoms with Crippen LogP contribution in [0.4, 0.5) is 4.39 Å². The largest absolute Gasteiger partial charge is 0.497 e. The van der Waals surface area contributed by atoms with Crippen LogP contribution in [0.5, 0.6) is 11.5 Å². The van der Waals surface area contributed by atoms with Gasteiger partial charge in [-0.2, -0.15) is 0 Å². The minimum absolute atomic E-state index is 0.0218. The van der Waals surface area contributed by atoms with E-state index in [2.05, 4.69) is 4.90 Å². The third kappa shape index (κ3) is 4.83. The van der Waals surface area contributed by atoms with Crippen molar-refractivity contribution in [3.8, 4) is 11.5 Å². The van der Waals surface area contributed by atoms with Crippen molar-refractivity contribution in [3.05, 3.63) is 59.4 Å². The van der Waals surface area contributed by atoms with E-state index in [1.54, 1.807) is 26.4 Å². The summed E-state index contributed by atoms with van der Waals surface area (Å²) in [4.78, 5) is 17.3. The van der Waals surface area contributed by atoms with Gasteiger partial charge < -0.3 is 19.1 Å². The van der Waals surface area contributed by atoms with Gasteiger partial charge in [0.2, 0.25) is 5.91 Å². The van der Waals surface area contributed by atoms with Crippen LogP contribution in [0.2, 0.25) is 0 Å². The van der Waals surface area contributed by atoms with E-state index < -0.39 is 0 Å². The lowest BCUT2D eigenvalue weighted by molar-refractivity contribution is -0.135. The molecule has 31 heavy (non-hydrogen) atoms. The van der Waals surface area contributed by atoms with Crippen LogP contribution in [0, 0.1) is 5.82 Å². The van der Waals surface area contributed by atoms with Crippen molar-refractivity contribution in [2.24, 2.45) is 0 Å². The van der Waals surface area contributed by atoms with Crippen molar-refractivity contribution in [1.82, 2.24) is 9.80 Å². The molecule has 2 unspecified atom stereocenters. The lowest BCUT2D eigenvalue weighted by atomic mass is 10.0. The molecule has 166 valence electrons. The Morgan fingerprint density at radius 1 is 1.13 bits per heavy atom. The number of benzene rings is 2. The summed E-state index contributed by atoms with van der Waals surface area (Å²) < 4.78 is 30.1. The summed E-state index contributed by atoms with van der Waals surface area (Å²) in [5.41, 5.74) is 1.91. The van der Waals surface area contributed by atoms with Gasteiger partial charge in [0.1, 0.15) is 17.3 Å². The van der Waals surface area contributed by atoms with Crippen LogP contribution in [0.25, 0.3) is 0 Å². The molecule has 2 fully saturated rings. The van der Waals surface area contributed by atoms with Crippen LogP contribution in [-0.4, -0.2) is 62.7 Å². The first-order valence-electron chi connectivity index (χ1n) is 10.7. The molecule has 2 saturated heterocycles. The zero-order valence-corrected chi connectivity index (χ0v) is 18.1. The Kier molecular flexibility index (Phi) is 6.73.